The molecule has 0 bridgehead atoms. The molecule has 4 unspecified atom stereocenters. The van der Waals surface area contributed by atoms with Crippen molar-refractivity contribution in [1.29, 1.82) is 0 Å². The SMILES string of the molecule is CCC(C)C(N)C(=O)NC(CC(=O)O)C(=O)NCC(=O)NC(CS)C(=O)O. The second kappa shape index (κ2) is 12.1. The molecule has 0 aromatic carbocycles. The van der Waals surface area contributed by atoms with Crippen molar-refractivity contribution in [2.75, 3.05) is 12.3 Å². The number of carbonyl (C=O) groups is 5. The van der Waals surface area contributed by atoms with E-state index < -0.39 is 60.8 Å². The average molecular weight is 406 g/mol. The number of hydrogen-bond acceptors (Lipinski definition) is 7. The maximum atomic E-state index is 12.1. The first-order valence-corrected chi connectivity index (χ1v) is 8.85. The fourth-order valence-electron chi connectivity index (χ4n) is 1.89. The molecule has 0 aliphatic carbocycles. The van der Waals surface area contributed by atoms with Crippen molar-refractivity contribution < 1.29 is 34.2 Å². The van der Waals surface area contributed by atoms with Crippen LogP contribution in [0, 0.1) is 5.92 Å². The lowest BCUT2D eigenvalue weighted by molar-refractivity contribution is -0.142. The molecule has 0 rings (SSSR count). The van der Waals surface area contributed by atoms with Gasteiger partial charge in [0, 0.05) is 5.75 Å². The summed E-state index contributed by atoms with van der Waals surface area (Å²) in [6, 6.07) is -3.59. The Balaban J connectivity index is 4.83. The highest BCUT2D eigenvalue weighted by atomic mass is 32.1. The van der Waals surface area contributed by atoms with Crippen molar-refractivity contribution in [3.63, 3.8) is 0 Å². The molecule has 0 radical (unpaired) electrons. The van der Waals surface area contributed by atoms with Crippen LogP contribution in [0.2, 0.25) is 0 Å². The number of carbonyl (C=O) groups excluding carboxylic acids is 3. The lowest BCUT2D eigenvalue weighted by Crippen LogP contribution is -2.55. The van der Waals surface area contributed by atoms with E-state index in [0.29, 0.717) is 6.42 Å². The van der Waals surface area contributed by atoms with E-state index in [4.69, 9.17) is 15.9 Å². The Kier molecular flexibility index (Phi) is 11.1. The summed E-state index contributed by atoms with van der Waals surface area (Å²) in [6.07, 6.45) is -0.0960. The van der Waals surface area contributed by atoms with Crippen LogP contribution in [-0.2, 0) is 24.0 Å². The van der Waals surface area contributed by atoms with Crippen LogP contribution >= 0.6 is 12.6 Å². The minimum Gasteiger partial charge on any atom is -0.481 e. The predicted molar refractivity (Wildman–Crippen MR) is 98.0 cm³/mol. The van der Waals surface area contributed by atoms with E-state index in [1.807, 2.05) is 6.92 Å². The van der Waals surface area contributed by atoms with E-state index in [9.17, 15) is 24.0 Å². The lowest BCUT2D eigenvalue weighted by Gasteiger charge is -2.22. The third-order valence-electron chi connectivity index (χ3n) is 3.81. The van der Waals surface area contributed by atoms with Gasteiger partial charge in [-0.1, -0.05) is 20.3 Å². The molecular formula is C15H26N4O7S. The summed E-state index contributed by atoms with van der Waals surface area (Å²) < 4.78 is 0. The quantitative estimate of drug-likeness (QED) is 0.180. The molecule has 0 aliphatic heterocycles. The van der Waals surface area contributed by atoms with Gasteiger partial charge in [-0.25, -0.2) is 4.79 Å². The van der Waals surface area contributed by atoms with Gasteiger partial charge < -0.3 is 31.9 Å². The first-order chi connectivity index (χ1) is 12.5. The van der Waals surface area contributed by atoms with Crippen LogP contribution in [0.3, 0.4) is 0 Å². The van der Waals surface area contributed by atoms with Crippen LogP contribution in [0.1, 0.15) is 26.7 Å². The molecule has 11 nitrogen and oxygen atoms in total. The maximum absolute atomic E-state index is 12.1. The monoisotopic (exact) mass is 406 g/mol. The molecule has 0 aliphatic rings. The molecule has 0 aromatic rings. The molecule has 7 N–H and O–H groups in total. The normalized spacial score (nSPS) is 15.0. The van der Waals surface area contributed by atoms with Crippen LogP contribution in [0.25, 0.3) is 0 Å². The summed E-state index contributed by atoms with van der Waals surface area (Å²) in [5.41, 5.74) is 5.75. The largest absolute Gasteiger partial charge is 0.481 e. The topological polar surface area (TPSA) is 188 Å². The Morgan fingerprint density at radius 3 is 2.07 bits per heavy atom. The summed E-state index contributed by atoms with van der Waals surface area (Å²) in [7, 11) is 0. The number of nitrogens with one attached hydrogen (secondary N) is 3. The Labute approximate surface area is 161 Å². The number of hydrogen-bond donors (Lipinski definition) is 7. The lowest BCUT2D eigenvalue weighted by atomic mass is 9.99. The Bertz CT molecular complexity index is 572. The number of carboxylic acid groups (broad SMARTS) is 2. The van der Waals surface area contributed by atoms with Crippen molar-refractivity contribution in [1.82, 2.24) is 16.0 Å². The molecule has 0 spiro atoms. The van der Waals surface area contributed by atoms with Crippen molar-refractivity contribution >= 4 is 42.3 Å². The highest BCUT2D eigenvalue weighted by molar-refractivity contribution is 7.80. The molecule has 0 heterocycles. The molecule has 0 fully saturated rings. The summed E-state index contributed by atoms with van der Waals surface area (Å²) in [5.74, 6) is -5.36. The van der Waals surface area contributed by atoms with Gasteiger partial charge in [-0.2, -0.15) is 12.6 Å². The zero-order valence-electron chi connectivity index (χ0n) is 15.1. The summed E-state index contributed by atoms with van der Waals surface area (Å²) >= 11 is 3.78. The minimum atomic E-state index is -1.43. The van der Waals surface area contributed by atoms with E-state index in [1.165, 1.54) is 0 Å². The van der Waals surface area contributed by atoms with Gasteiger partial charge in [-0.3, -0.25) is 19.2 Å². The van der Waals surface area contributed by atoms with Crippen LogP contribution in [0.15, 0.2) is 0 Å². The number of thiol groups is 1. The smallest absolute Gasteiger partial charge is 0.327 e. The average Bonchev–Trinajstić information content (AvgIpc) is 2.61. The third-order valence-corrected chi connectivity index (χ3v) is 4.18. The highest BCUT2D eigenvalue weighted by Gasteiger charge is 2.28. The van der Waals surface area contributed by atoms with Crippen LogP contribution in [0.5, 0.6) is 0 Å². The maximum Gasteiger partial charge on any atom is 0.327 e. The zero-order chi connectivity index (χ0) is 21.1. The zero-order valence-corrected chi connectivity index (χ0v) is 16.0. The summed E-state index contributed by atoms with van der Waals surface area (Å²) in [6.45, 7) is 2.97. The number of aliphatic carboxylic acids is 2. The second-order valence-electron chi connectivity index (χ2n) is 5.93. The van der Waals surface area contributed by atoms with Crippen molar-refractivity contribution in [2.45, 2.75) is 44.8 Å². The Morgan fingerprint density at radius 2 is 1.63 bits per heavy atom. The molecular weight excluding hydrogens is 380 g/mol. The van der Waals surface area contributed by atoms with E-state index in [2.05, 4.69) is 28.6 Å². The van der Waals surface area contributed by atoms with Gasteiger partial charge in [0.15, 0.2) is 0 Å². The van der Waals surface area contributed by atoms with Crippen molar-refractivity contribution in [3.05, 3.63) is 0 Å². The first kappa shape index (κ1) is 24.7. The number of carboxylic acids is 2. The Hall–Kier alpha value is -2.34. The van der Waals surface area contributed by atoms with Gasteiger partial charge in [0.05, 0.1) is 19.0 Å². The molecule has 27 heavy (non-hydrogen) atoms. The summed E-state index contributed by atoms with van der Waals surface area (Å²) in [4.78, 5) is 57.6. The second-order valence-corrected chi connectivity index (χ2v) is 6.29. The highest BCUT2D eigenvalue weighted by Crippen LogP contribution is 2.06. The van der Waals surface area contributed by atoms with Gasteiger partial charge in [-0.05, 0) is 5.92 Å². The van der Waals surface area contributed by atoms with Gasteiger partial charge >= 0.3 is 11.9 Å². The third kappa shape index (κ3) is 9.24. The molecule has 4 atom stereocenters. The standard InChI is InChI=1S/C15H26N4O7S/c1-3-7(2)12(16)14(24)19-8(4-11(21)22)13(23)17-5-10(20)18-9(6-27)15(25)26/h7-9,12,27H,3-6,16H2,1-2H3,(H,17,23)(H,18,20)(H,19,24)(H,21,22)(H,25,26). The van der Waals surface area contributed by atoms with Crippen LogP contribution in [-0.4, -0.2) is 70.3 Å². The van der Waals surface area contributed by atoms with Gasteiger partial charge in [0.1, 0.15) is 12.1 Å². The molecule has 0 saturated heterocycles. The summed E-state index contributed by atoms with van der Waals surface area (Å²) in [5, 5.41) is 24.3. The number of amides is 3. The molecule has 0 aromatic heterocycles. The minimum absolute atomic E-state index is 0.153. The van der Waals surface area contributed by atoms with E-state index in [1.54, 1.807) is 6.92 Å². The fourth-order valence-corrected chi connectivity index (χ4v) is 2.13. The molecule has 3 amide bonds. The van der Waals surface area contributed by atoms with Gasteiger partial charge in [0.2, 0.25) is 17.7 Å². The first-order valence-electron chi connectivity index (χ1n) is 8.21. The number of nitrogens with two attached hydrogens (primary N) is 1. The molecule has 12 heteroatoms. The number of rotatable bonds is 12. The van der Waals surface area contributed by atoms with Crippen LogP contribution < -0.4 is 21.7 Å². The van der Waals surface area contributed by atoms with Crippen molar-refractivity contribution in [2.24, 2.45) is 11.7 Å². The molecule has 0 saturated carbocycles. The van der Waals surface area contributed by atoms with Gasteiger partial charge in [-0.15, -0.1) is 0 Å². The predicted octanol–water partition coefficient (Wildman–Crippen LogP) is -2.07. The van der Waals surface area contributed by atoms with Crippen LogP contribution in [0.4, 0.5) is 0 Å². The van der Waals surface area contributed by atoms with Crippen molar-refractivity contribution in [3.8, 4) is 0 Å². The van der Waals surface area contributed by atoms with E-state index in [0.717, 1.165) is 0 Å². The van der Waals surface area contributed by atoms with E-state index in [-0.39, 0.29) is 11.7 Å². The van der Waals surface area contributed by atoms with E-state index >= 15 is 0 Å². The Morgan fingerprint density at radius 1 is 1.04 bits per heavy atom. The molecule has 154 valence electrons. The van der Waals surface area contributed by atoms with Gasteiger partial charge in [0.25, 0.3) is 0 Å². The fraction of sp³-hybridized carbons (Fsp3) is 0.667.